The van der Waals surface area contributed by atoms with E-state index in [-0.39, 0.29) is 18.7 Å². The molecule has 0 radical (unpaired) electrons. The first-order chi connectivity index (χ1) is 9.93. The van der Waals surface area contributed by atoms with Crippen molar-refractivity contribution in [1.29, 1.82) is 0 Å². The van der Waals surface area contributed by atoms with Crippen LogP contribution in [0.15, 0.2) is 18.2 Å². The number of Topliss-reactive ketones (excluding diaryl/α,β-unsaturated/α-hetero) is 2. The maximum absolute atomic E-state index is 11.9. The highest BCUT2D eigenvalue weighted by molar-refractivity contribution is 6.53. The number of amides is 1. The molecule has 0 bridgehead atoms. The minimum atomic E-state index is -0.801. The summed E-state index contributed by atoms with van der Waals surface area (Å²) in [4.78, 5) is 47.8. The molecule has 0 unspecified atom stereocenters. The lowest BCUT2D eigenvalue weighted by molar-refractivity contribution is -0.145. The fraction of sp³-hybridized carbons (Fsp3) is 0.286. The summed E-state index contributed by atoms with van der Waals surface area (Å²) in [5.74, 6) is -2.67. The Hall–Kier alpha value is -2.21. The number of carbonyl (C=O) groups is 4. The summed E-state index contributed by atoms with van der Waals surface area (Å²) in [6, 6.07) is 4.40. The average Bonchev–Trinajstić information content (AvgIpc) is 2.64. The lowest BCUT2D eigenvalue weighted by Crippen LogP contribution is -2.35. The highest BCUT2D eigenvalue weighted by Gasteiger charge is 2.37. The second-order valence-corrected chi connectivity index (χ2v) is 4.84. The Balaban J connectivity index is 2.15. The number of nitrogens with zero attached hydrogens (tertiary/aromatic N) is 1. The summed E-state index contributed by atoms with van der Waals surface area (Å²) in [5, 5.41) is 0.328. The number of rotatable bonds is 5. The third kappa shape index (κ3) is 3.11. The van der Waals surface area contributed by atoms with Gasteiger partial charge in [0.2, 0.25) is 0 Å². The third-order valence-electron chi connectivity index (χ3n) is 2.91. The number of hydrogen-bond donors (Lipinski definition) is 0. The van der Waals surface area contributed by atoms with Crippen LogP contribution >= 0.6 is 11.6 Å². The van der Waals surface area contributed by atoms with Gasteiger partial charge < -0.3 is 4.74 Å². The fourth-order valence-corrected chi connectivity index (χ4v) is 2.21. The molecule has 0 saturated heterocycles. The molecule has 110 valence electrons. The molecular formula is C14H12ClNO5. The van der Waals surface area contributed by atoms with E-state index in [0.29, 0.717) is 10.7 Å². The second kappa shape index (κ2) is 6.05. The van der Waals surface area contributed by atoms with Crippen molar-refractivity contribution in [1.82, 2.24) is 0 Å². The molecule has 21 heavy (non-hydrogen) atoms. The summed E-state index contributed by atoms with van der Waals surface area (Å²) >= 11 is 5.78. The summed E-state index contributed by atoms with van der Waals surface area (Å²) in [7, 11) is 0. The van der Waals surface area contributed by atoms with Crippen molar-refractivity contribution in [3.8, 4) is 0 Å². The number of ketones is 2. The Labute approximate surface area is 125 Å². The molecule has 1 aliphatic rings. The van der Waals surface area contributed by atoms with E-state index in [0.717, 1.165) is 4.90 Å². The van der Waals surface area contributed by atoms with Crippen LogP contribution in [0.2, 0.25) is 5.02 Å². The van der Waals surface area contributed by atoms with Crippen molar-refractivity contribution < 1.29 is 23.9 Å². The van der Waals surface area contributed by atoms with E-state index in [1.807, 2.05) is 0 Å². The zero-order chi connectivity index (χ0) is 15.6. The van der Waals surface area contributed by atoms with Gasteiger partial charge in [-0.05, 0) is 25.1 Å². The third-order valence-corrected chi connectivity index (χ3v) is 3.15. The van der Waals surface area contributed by atoms with Gasteiger partial charge in [0.15, 0.2) is 5.78 Å². The maximum Gasteiger partial charge on any atom is 0.313 e. The molecular weight excluding hydrogens is 298 g/mol. The number of ether oxygens (including phenoxy) is 1. The molecule has 1 aliphatic heterocycles. The average molecular weight is 310 g/mol. The standard InChI is InChI=1S/C14H12ClNO5/c1-2-21-12(18)6-9(17)7-16-11-4-3-8(15)5-10(11)13(19)14(16)20/h3-5H,2,6-7H2,1H3. The van der Waals surface area contributed by atoms with Gasteiger partial charge in [-0.25, -0.2) is 0 Å². The molecule has 2 rings (SSSR count). The minimum absolute atomic E-state index is 0.163. The molecule has 0 aromatic heterocycles. The molecule has 6 nitrogen and oxygen atoms in total. The predicted octanol–water partition coefficient (Wildman–Crippen LogP) is 1.39. The molecule has 1 amide bonds. The second-order valence-electron chi connectivity index (χ2n) is 4.40. The number of anilines is 1. The van der Waals surface area contributed by atoms with E-state index >= 15 is 0 Å². The van der Waals surface area contributed by atoms with E-state index in [4.69, 9.17) is 11.6 Å². The fourth-order valence-electron chi connectivity index (χ4n) is 2.03. The molecule has 0 saturated carbocycles. The van der Waals surface area contributed by atoms with E-state index in [9.17, 15) is 19.2 Å². The van der Waals surface area contributed by atoms with Crippen LogP contribution in [0.1, 0.15) is 23.7 Å². The lowest BCUT2D eigenvalue weighted by atomic mass is 10.1. The van der Waals surface area contributed by atoms with Crippen LogP contribution in [0.5, 0.6) is 0 Å². The van der Waals surface area contributed by atoms with Crippen molar-refractivity contribution in [2.75, 3.05) is 18.1 Å². The maximum atomic E-state index is 11.9. The van der Waals surface area contributed by atoms with E-state index in [1.54, 1.807) is 6.92 Å². The van der Waals surface area contributed by atoms with Gasteiger partial charge in [0.1, 0.15) is 6.42 Å². The Kier molecular flexibility index (Phi) is 4.37. The summed E-state index contributed by atoms with van der Waals surface area (Å²) in [6.07, 6.45) is -0.436. The Morgan fingerprint density at radius 1 is 1.29 bits per heavy atom. The van der Waals surface area contributed by atoms with Crippen LogP contribution in [0.25, 0.3) is 0 Å². The zero-order valence-corrected chi connectivity index (χ0v) is 12.0. The van der Waals surface area contributed by atoms with Gasteiger partial charge in [-0.15, -0.1) is 0 Å². The largest absolute Gasteiger partial charge is 0.466 e. The van der Waals surface area contributed by atoms with Crippen molar-refractivity contribution in [2.45, 2.75) is 13.3 Å². The van der Waals surface area contributed by atoms with Crippen molar-refractivity contribution in [3.05, 3.63) is 28.8 Å². The van der Waals surface area contributed by atoms with Gasteiger partial charge in [0.25, 0.3) is 11.7 Å². The van der Waals surface area contributed by atoms with E-state index in [2.05, 4.69) is 4.74 Å². The van der Waals surface area contributed by atoms with Gasteiger partial charge >= 0.3 is 5.97 Å². The Morgan fingerprint density at radius 2 is 2.00 bits per heavy atom. The first-order valence-corrected chi connectivity index (χ1v) is 6.65. The molecule has 7 heteroatoms. The summed E-state index contributed by atoms with van der Waals surface area (Å²) in [5.41, 5.74) is 0.489. The van der Waals surface area contributed by atoms with Crippen LogP contribution in [-0.4, -0.2) is 36.6 Å². The van der Waals surface area contributed by atoms with Gasteiger partial charge in [0.05, 0.1) is 24.4 Å². The zero-order valence-electron chi connectivity index (χ0n) is 11.2. The highest BCUT2D eigenvalue weighted by Crippen LogP contribution is 2.31. The van der Waals surface area contributed by atoms with Gasteiger partial charge in [-0.3, -0.25) is 24.1 Å². The smallest absolute Gasteiger partial charge is 0.313 e. The number of esters is 1. The van der Waals surface area contributed by atoms with Crippen LogP contribution in [0, 0.1) is 0 Å². The topological polar surface area (TPSA) is 80.8 Å². The quantitative estimate of drug-likeness (QED) is 0.466. The Morgan fingerprint density at radius 3 is 2.67 bits per heavy atom. The number of carbonyl (C=O) groups excluding carboxylic acids is 4. The molecule has 0 N–H and O–H groups in total. The SMILES string of the molecule is CCOC(=O)CC(=O)CN1C(=O)C(=O)c2cc(Cl)ccc21. The number of fused-ring (bicyclic) bond motifs is 1. The summed E-state index contributed by atoms with van der Waals surface area (Å²) in [6.45, 7) is 1.46. The van der Waals surface area contributed by atoms with E-state index < -0.39 is 29.9 Å². The first kappa shape index (κ1) is 15.2. The molecule has 1 heterocycles. The summed E-state index contributed by atoms with van der Waals surface area (Å²) < 4.78 is 4.66. The van der Waals surface area contributed by atoms with Gasteiger partial charge in [-0.1, -0.05) is 11.6 Å². The number of benzene rings is 1. The number of halogens is 1. The number of hydrogen-bond acceptors (Lipinski definition) is 5. The van der Waals surface area contributed by atoms with Crippen LogP contribution in [0.3, 0.4) is 0 Å². The van der Waals surface area contributed by atoms with Gasteiger partial charge in [-0.2, -0.15) is 0 Å². The van der Waals surface area contributed by atoms with Crippen LogP contribution in [0.4, 0.5) is 5.69 Å². The highest BCUT2D eigenvalue weighted by atomic mass is 35.5. The molecule has 0 atom stereocenters. The van der Waals surface area contributed by atoms with Crippen LogP contribution < -0.4 is 4.90 Å². The molecule has 1 aromatic rings. The molecule has 0 fully saturated rings. The normalized spacial score (nSPS) is 13.3. The Bertz CT molecular complexity index is 640. The van der Waals surface area contributed by atoms with E-state index in [1.165, 1.54) is 18.2 Å². The van der Waals surface area contributed by atoms with Crippen molar-refractivity contribution >= 4 is 40.7 Å². The lowest BCUT2D eigenvalue weighted by Gasteiger charge is -2.15. The van der Waals surface area contributed by atoms with Crippen molar-refractivity contribution in [3.63, 3.8) is 0 Å². The molecule has 1 aromatic carbocycles. The minimum Gasteiger partial charge on any atom is -0.466 e. The first-order valence-electron chi connectivity index (χ1n) is 6.27. The molecule has 0 aliphatic carbocycles. The monoisotopic (exact) mass is 309 g/mol. The van der Waals surface area contributed by atoms with Crippen LogP contribution in [-0.2, 0) is 19.1 Å². The van der Waals surface area contributed by atoms with Crippen molar-refractivity contribution in [2.24, 2.45) is 0 Å². The molecule has 0 spiro atoms. The predicted molar refractivity (Wildman–Crippen MR) is 74.4 cm³/mol. The van der Waals surface area contributed by atoms with Gasteiger partial charge in [0, 0.05) is 5.02 Å².